The Morgan fingerprint density at radius 1 is 1.11 bits per heavy atom. The third-order valence-electron chi connectivity index (χ3n) is 4.61. The van der Waals surface area contributed by atoms with Crippen LogP contribution in [0.5, 0.6) is 5.75 Å². The van der Waals surface area contributed by atoms with E-state index >= 15 is 0 Å². The predicted molar refractivity (Wildman–Crippen MR) is 76.6 cm³/mol. The van der Waals surface area contributed by atoms with Crippen LogP contribution in [0.1, 0.15) is 5.56 Å². The number of phenolic OH excluding ortho intramolecular Hbond substituents is 1. The van der Waals surface area contributed by atoms with Gasteiger partial charge in [-0.05, 0) is 17.7 Å². The molecule has 0 aromatic heterocycles. The smallest absolute Gasteiger partial charge is 0.151 e. The van der Waals surface area contributed by atoms with Crippen molar-refractivity contribution in [3.05, 3.63) is 29.8 Å². The van der Waals surface area contributed by atoms with Crippen LogP contribution in [-0.4, -0.2) is 53.5 Å². The van der Waals surface area contributed by atoms with E-state index < -0.39 is 0 Å². The molecule has 1 N–H and O–H groups in total. The molecule has 0 saturated carbocycles. The highest BCUT2D eigenvalue weighted by atomic mass is 79.9. The molecule has 4 heterocycles. The highest BCUT2D eigenvalue weighted by molar-refractivity contribution is 8.93. The Bertz CT molecular complexity index is 503. The monoisotopic (exact) mass is 324 g/mol. The van der Waals surface area contributed by atoms with Crippen LogP contribution in [0.15, 0.2) is 24.3 Å². The van der Waals surface area contributed by atoms with Crippen LogP contribution in [0.25, 0.3) is 0 Å². The molecule has 0 aliphatic carbocycles. The summed E-state index contributed by atoms with van der Waals surface area (Å²) in [7, 11) is 0. The van der Waals surface area contributed by atoms with Crippen LogP contribution in [-0.2, 0) is 10.2 Å². The molecule has 5 heteroatoms. The molecular weight excluding hydrogens is 308 g/mol. The van der Waals surface area contributed by atoms with E-state index in [1.807, 2.05) is 12.1 Å². The fraction of sp³-hybridized carbons (Fsp3) is 0.500. The van der Waals surface area contributed by atoms with Gasteiger partial charge in [-0.1, -0.05) is 12.1 Å². The number of rotatable bonds is 1. The standard InChI is InChI=1S/C14H16N2O2.BrH/c17-12-3-1-11(2-4-12)14-7-15-5-10(13(14)18)6-16(8-14)9-15;/h1-4,10,17H,5-9H2;1H. The van der Waals surface area contributed by atoms with Crippen LogP contribution in [0.3, 0.4) is 0 Å². The summed E-state index contributed by atoms with van der Waals surface area (Å²) in [4.78, 5) is 17.4. The molecule has 2 unspecified atom stereocenters. The molecule has 4 bridgehead atoms. The van der Waals surface area contributed by atoms with Crippen molar-refractivity contribution in [3.8, 4) is 5.75 Å². The first kappa shape index (κ1) is 13.1. The van der Waals surface area contributed by atoms with Gasteiger partial charge in [-0.25, -0.2) is 0 Å². The van der Waals surface area contributed by atoms with Crippen molar-refractivity contribution < 1.29 is 9.90 Å². The zero-order chi connectivity index (χ0) is 12.3. The SMILES string of the molecule is Br.O=C1C2CN3CN(C2)CC1(c1ccc(O)cc1)C3. The zero-order valence-corrected chi connectivity index (χ0v) is 12.3. The van der Waals surface area contributed by atoms with Crippen LogP contribution in [0.4, 0.5) is 0 Å². The summed E-state index contributed by atoms with van der Waals surface area (Å²) in [6.45, 7) is 4.53. The van der Waals surface area contributed by atoms with E-state index in [4.69, 9.17) is 0 Å². The Balaban J connectivity index is 0.00000110. The molecule has 1 aromatic carbocycles. The van der Waals surface area contributed by atoms with Gasteiger partial charge in [0.15, 0.2) is 5.78 Å². The fourth-order valence-corrected chi connectivity index (χ4v) is 3.94. The van der Waals surface area contributed by atoms with E-state index in [0.717, 1.165) is 38.4 Å². The molecular formula is C14H17BrN2O2. The Labute approximate surface area is 122 Å². The largest absolute Gasteiger partial charge is 0.508 e. The molecule has 4 saturated heterocycles. The maximum atomic E-state index is 12.7. The first-order valence-corrected chi connectivity index (χ1v) is 6.46. The van der Waals surface area contributed by atoms with Gasteiger partial charge in [-0.15, -0.1) is 17.0 Å². The molecule has 0 amide bonds. The van der Waals surface area contributed by atoms with Gasteiger partial charge in [0.25, 0.3) is 0 Å². The molecule has 2 atom stereocenters. The number of Topliss-reactive ketones (excluding diaryl/α,β-unsaturated/α-hetero) is 1. The number of halogens is 1. The lowest BCUT2D eigenvalue weighted by Gasteiger charge is -2.58. The third kappa shape index (κ3) is 1.75. The lowest BCUT2D eigenvalue weighted by Crippen LogP contribution is -2.73. The number of hydrogen-bond donors (Lipinski definition) is 1. The van der Waals surface area contributed by atoms with Gasteiger partial charge < -0.3 is 5.11 Å². The molecule has 4 fully saturated rings. The molecule has 19 heavy (non-hydrogen) atoms. The van der Waals surface area contributed by atoms with E-state index in [1.165, 1.54) is 0 Å². The first-order chi connectivity index (χ1) is 8.67. The Hall–Kier alpha value is -0.910. The second-order valence-electron chi connectivity index (χ2n) is 5.85. The van der Waals surface area contributed by atoms with Crippen molar-refractivity contribution in [2.45, 2.75) is 5.41 Å². The second kappa shape index (κ2) is 4.30. The zero-order valence-electron chi connectivity index (χ0n) is 10.6. The van der Waals surface area contributed by atoms with Gasteiger partial charge in [0.1, 0.15) is 5.75 Å². The van der Waals surface area contributed by atoms with Gasteiger partial charge >= 0.3 is 0 Å². The van der Waals surface area contributed by atoms with Crippen molar-refractivity contribution in [3.63, 3.8) is 0 Å². The van der Waals surface area contributed by atoms with Gasteiger partial charge in [0, 0.05) is 32.1 Å². The predicted octanol–water partition coefficient (Wildman–Crippen LogP) is 0.996. The average molecular weight is 325 g/mol. The number of carbonyl (C=O) groups is 1. The van der Waals surface area contributed by atoms with E-state index in [-0.39, 0.29) is 34.1 Å². The third-order valence-corrected chi connectivity index (χ3v) is 4.61. The summed E-state index contributed by atoms with van der Waals surface area (Å²) in [5.74, 6) is 0.840. The van der Waals surface area contributed by atoms with Gasteiger partial charge in [-0.2, -0.15) is 0 Å². The van der Waals surface area contributed by atoms with E-state index in [9.17, 15) is 9.90 Å². The number of ketones is 1. The van der Waals surface area contributed by atoms with Crippen LogP contribution < -0.4 is 0 Å². The molecule has 4 aliphatic heterocycles. The minimum Gasteiger partial charge on any atom is -0.508 e. The van der Waals surface area contributed by atoms with Gasteiger partial charge in [0.2, 0.25) is 0 Å². The molecule has 102 valence electrons. The highest BCUT2D eigenvalue weighted by Gasteiger charge is 2.56. The van der Waals surface area contributed by atoms with E-state index in [0.29, 0.717) is 5.78 Å². The lowest BCUT2D eigenvalue weighted by molar-refractivity contribution is -0.153. The van der Waals surface area contributed by atoms with Crippen molar-refractivity contribution in [1.82, 2.24) is 9.80 Å². The number of piperidine rings is 2. The minimum absolute atomic E-state index is 0. The van der Waals surface area contributed by atoms with Crippen molar-refractivity contribution in [2.24, 2.45) is 5.92 Å². The quantitative estimate of drug-likeness (QED) is 0.837. The molecule has 1 aromatic rings. The van der Waals surface area contributed by atoms with Gasteiger partial charge in [0.05, 0.1) is 12.1 Å². The molecule has 4 nitrogen and oxygen atoms in total. The number of carbonyl (C=O) groups excluding carboxylic acids is 1. The Morgan fingerprint density at radius 3 is 2.26 bits per heavy atom. The average Bonchev–Trinajstić information content (AvgIpc) is 2.35. The lowest BCUT2D eigenvalue weighted by atomic mass is 9.65. The maximum Gasteiger partial charge on any atom is 0.151 e. The molecule has 0 radical (unpaired) electrons. The highest BCUT2D eigenvalue weighted by Crippen LogP contribution is 2.42. The summed E-state index contributed by atoms with van der Waals surface area (Å²) >= 11 is 0. The van der Waals surface area contributed by atoms with Gasteiger partial charge in [-0.3, -0.25) is 14.6 Å². The Kier molecular flexibility index (Phi) is 2.96. The van der Waals surface area contributed by atoms with E-state index in [2.05, 4.69) is 9.80 Å². The summed E-state index contributed by atoms with van der Waals surface area (Å²) in [5.41, 5.74) is 0.706. The summed E-state index contributed by atoms with van der Waals surface area (Å²) < 4.78 is 0. The first-order valence-electron chi connectivity index (χ1n) is 6.46. The maximum absolute atomic E-state index is 12.7. The summed E-state index contributed by atoms with van der Waals surface area (Å²) in [6.07, 6.45) is 0. The minimum atomic E-state index is -0.354. The number of hydrogen-bond acceptors (Lipinski definition) is 4. The number of aromatic hydroxyl groups is 1. The van der Waals surface area contributed by atoms with Crippen LogP contribution >= 0.6 is 17.0 Å². The molecule has 4 aliphatic rings. The van der Waals surface area contributed by atoms with Crippen LogP contribution in [0, 0.1) is 5.92 Å². The fourth-order valence-electron chi connectivity index (χ4n) is 3.94. The number of phenols is 1. The Morgan fingerprint density at radius 2 is 1.68 bits per heavy atom. The molecule has 0 spiro atoms. The number of nitrogens with zero attached hydrogens (tertiary/aromatic N) is 2. The number of benzene rings is 1. The summed E-state index contributed by atoms with van der Waals surface area (Å²) in [5, 5.41) is 9.40. The van der Waals surface area contributed by atoms with Crippen molar-refractivity contribution in [1.29, 1.82) is 0 Å². The van der Waals surface area contributed by atoms with Crippen molar-refractivity contribution in [2.75, 3.05) is 32.8 Å². The topological polar surface area (TPSA) is 43.8 Å². The summed E-state index contributed by atoms with van der Waals surface area (Å²) in [6, 6.07) is 7.18. The van der Waals surface area contributed by atoms with Crippen molar-refractivity contribution >= 4 is 22.8 Å². The molecule has 5 rings (SSSR count). The van der Waals surface area contributed by atoms with Crippen LogP contribution in [0.2, 0.25) is 0 Å². The van der Waals surface area contributed by atoms with E-state index in [1.54, 1.807) is 12.1 Å². The second-order valence-corrected chi connectivity index (χ2v) is 5.85. The normalized spacial score (nSPS) is 39.2.